The Hall–Kier alpha value is -3.46. The highest BCUT2D eigenvalue weighted by molar-refractivity contribution is 5.59. The number of aromatic nitrogens is 6. The zero-order valence-corrected chi connectivity index (χ0v) is 14.9. The summed E-state index contributed by atoms with van der Waals surface area (Å²) in [6, 6.07) is 10.1. The molecule has 0 atom stereocenters. The van der Waals surface area contributed by atoms with Crippen molar-refractivity contribution in [2.45, 2.75) is 20.3 Å². The largest absolute Gasteiger partial charge is 0.327 e. The summed E-state index contributed by atoms with van der Waals surface area (Å²) in [5, 5.41) is 4.46. The van der Waals surface area contributed by atoms with Crippen LogP contribution in [0.25, 0.3) is 16.9 Å². The van der Waals surface area contributed by atoms with Gasteiger partial charge in [-0.05, 0) is 25.2 Å². The highest BCUT2D eigenvalue weighted by Gasteiger charge is 2.09. The molecular formula is C20H18N6. The predicted octanol–water partition coefficient (Wildman–Crippen LogP) is 2.80. The van der Waals surface area contributed by atoms with E-state index in [1.807, 2.05) is 61.3 Å². The van der Waals surface area contributed by atoms with Gasteiger partial charge in [-0.25, -0.2) is 9.97 Å². The molecule has 0 saturated carbocycles. The minimum Gasteiger partial charge on any atom is -0.327 e. The Bertz CT molecular complexity index is 1140. The molecule has 4 rings (SSSR count). The van der Waals surface area contributed by atoms with E-state index in [1.54, 1.807) is 4.52 Å². The number of hydrogen-bond acceptors (Lipinski definition) is 4. The molecule has 0 aliphatic rings. The summed E-state index contributed by atoms with van der Waals surface area (Å²) in [5.74, 6) is 8.05. The van der Waals surface area contributed by atoms with Crippen LogP contribution in [0.3, 0.4) is 0 Å². The Labute approximate surface area is 151 Å². The van der Waals surface area contributed by atoms with Crippen LogP contribution in [0.4, 0.5) is 0 Å². The van der Waals surface area contributed by atoms with Gasteiger partial charge in [0, 0.05) is 30.6 Å². The maximum Gasteiger partial charge on any atom is 0.226 e. The van der Waals surface area contributed by atoms with Gasteiger partial charge in [0.2, 0.25) is 5.82 Å². The fourth-order valence-electron chi connectivity index (χ4n) is 2.77. The predicted molar refractivity (Wildman–Crippen MR) is 99.5 cm³/mol. The molecule has 0 N–H and O–H groups in total. The van der Waals surface area contributed by atoms with Crippen LogP contribution in [-0.2, 0) is 13.5 Å². The van der Waals surface area contributed by atoms with E-state index < -0.39 is 0 Å². The molecule has 3 aromatic heterocycles. The van der Waals surface area contributed by atoms with Crippen molar-refractivity contribution in [1.29, 1.82) is 0 Å². The standard InChI is InChI=1S/C20H18N6/c1-4-15-12-21-14(2)26-20(15)23-18(24-26)10-11-19-22-17(13-25(19)3)16-8-6-5-7-9-16/h5-9,12-13H,4H2,1-3H3. The van der Waals surface area contributed by atoms with Gasteiger partial charge in [-0.1, -0.05) is 37.3 Å². The van der Waals surface area contributed by atoms with Crippen molar-refractivity contribution < 1.29 is 0 Å². The Morgan fingerprint density at radius 2 is 1.88 bits per heavy atom. The summed E-state index contributed by atoms with van der Waals surface area (Å²) in [6.07, 6.45) is 4.67. The van der Waals surface area contributed by atoms with E-state index in [-0.39, 0.29) is 0 Å². The third kappa shape index (κ3) is 2.84. The Balaban J connectivity index is 1.71. The molecule has 0 aliphatic heterocycles. The second-order valence-electron chi connectivity index (χ2n) is 6.03. The number of fused-ring (bicyclic) bond motifs is 1. The summed E-state index contributed by atoms with van der Waals surface area (Å²) in [5.41, 5.74) is 3.83. The minimum atomic E-state index is 0.472. The van der Waals surface area contributed by atoms with Crippen LogP contribution >= 0.6 is 0 Å². The topological polar surface area (TPSA) is 60.9 Å². The molecule has 26 heavy (non-hydrogen) atoms. The highest BCUT2D eigenvalue weighted by Crippen LogP contribution is 2.17. The van der Waals surface area contributed by atoms with Crippen molar-refractivity contribution >= 4 is 5.65 Å². The van der Waals surface area contributed by atoms with Gasteiger partial charge in [0.15, 0.2) is 11.5 Å². The van der Waals surface area contributed by atoms with Crippen LogP contribution in [0.15, 0.2) is 42.7 Å². The molecule has 128 valence electrons. The van der Waals surface area contributed by atoms with E-state index in [4.69, 9.17) is 0 Å². The number of rotatable bonds is 2. The summed E-state index contributed by atoms with van der Waals surface area (Å²) in [6.45, 7) is 3.98. The normalized spacial score (nSPS) is 10.7. The Kier molecular flexibility index (Phi) is 3.98. The second-order valence-corrected chi connectivity index (χ2v) is 6.03. The zero-order chi connectivity index (χ0) is 18.1. The van der Waals surface area contributed by atoms with E-state index in [0.717, 1.165) is 34.7 Å². The summed E-state index contributed by atoms with van der Waals surface area (Å²) in [4.78, 5) is 13.5. The van der Waals surface area contributed by atoms with E-state index in [2.05, 4.69) is 38.8 Å². The van der Waals surface area contributed by atoms with Gasteiger partial charge in [-0.3, -0.25) is 0 Å². The maximum absolute atomic E-state index is 4.61. The quantitative estimate of drug-likeness (QED) is 0.526. The lowest BCUT2D eigenvalue weighted by molar-refractivity contribution is 0.845. The molecule has 0 amide bonds. The van der Waals surface area contributed by atoms with Gasteiger partial charge in [0.1, 0.15) is 5.82 Å². The van der Waals surface area contributed by atoms with Crippen LogP contribution in [0.5, 0.6) is 0 Å². The molecular weight excluding hydrogens is 324 g/mol. The van der Waals surface area contributed by atoms with E-state index >= 15 is 0 Å². The second kappa shape index (κ2) is 6.45. The molecule has 3 heterocycles. The first-order valence-electron chi connectivity index (χ1n) is 8.47. The molecule has 0 saturated heterocycles. The Morgan fingerprint density at radius 3 is 2.65 bits per heavy atom. The van der Waals surface area contributed by atoms with Crippen molar-refractivity contribution in [3.63, 3.8) is 0 Å². The summed E-state index contributed by atoms with van der Waals surface area (Å²) < 4.78 is 3.66. The number of nitrogens with zero attached hydrogens (tertiary/aromatic N) is 6. The van der Waals surface area contributed by atoms with Crippen LogP contribution < -0.4 is 0 Å². The average molecular weight is 342 g/mol. The van der Waals surface area contributed by atoms with Crippen molar-refractivity contribution in [3.05, 3.63) is 65.8 Å². The lowest BCUT2D eigenvalue weighted by atomic mass is 10.2. The highest BCUT2D eigenvalue weighted by atomic mass is 15.3. The van der Waals surface area contributed by atoms with Crippen molar-refractivity contribution in [1.82, 2.24) is 29.1 Å². The van der Waals surface area contributed by atoms with Crippen molar-refractivity contribution in [2.75, 3.05) is 0 Å². The van der Waals surface area contributed by atoms with Crippen LogP contribution in [0, 0.1) is 18.8 Å². The molecule has 6 heteroatoms. The summed E-state index contributed by atoms with van der Waals surface area (Å²) >= 11 is 0. The molecule has 0 aliphatic carbocycles. The maximum atomic E-state index is 4.61. The van der Waals surface area contributed by atoms with E-state index in [9.17, 15) is 0 Å². The minimum absolute atomic E-state index is 0.472. The molecule has 0 fully saturated rings. The first kappa shape index (κ1) is 16.0. The molecule has 1 aromatic carbocycles. The monoisotopic (exact) mass is 342 g/mol. The molecule has 0 unspecified atom stereocenters. The number of aryl methyl sites for hydroxylation is 3. The lowest BCUT2D eigenvalue weighted by Crippen LogP contribution is -2.00. The van der Waals surface area contributed by atoms with Gasteiger partial charge in [-0.15, -0.1) is 5.10 Å². The Morgan fingerprint density at radius 1 is 1.08 bits per heavy atom. The zero-order valence-electron chi connectivity index (χ0n) is 14.9. The number of benzene rings is 1. The van der Waals surface area contributed by atoms with E-state index in [1.165, 1.54) is 0 Å². The fourth-order valence-corrected chi connectivity index (χ4v) is 2.77. The van der Waals surface area contributed by atoms with Crippen LogP contribution in [0.2, 0.25) is 0 Å². The fraction of sp³-hybridized carbons (Fsp3) is 0.200. The molecule has 4 aromatic rings. The molecule has 0 spiro atoms. The lowest BCUT2D eigenvalue weighted by Gasteiger charge is -2.00. The van der Waals surface area contributed by atoms with Gasteiger partial charge in [0.05, 0.1) is 5.69 Å². The number of hydrogen-bond donors (Lipinski definition) is 0. The van der Waals surface area contributed by atoms with Gasteiger partial charge in [-0.2, -0.15) is 9.50 Å². The first-order chi connectivity index (χ1) is 12.7. The van der Waals surface area contributed by atoms with E-state index in [0.29, 0.717) is 11.6 Å². The average Bonchev–Trinajstić information content (AvgIpc) is 3.25. The number of imidazole rings is 1. The van der Waals surface area contributed by atoms with Gasteiger partial charge in [0.25, 0.3) is 0 Å². The smallest absolute Gasteiger partial charge is 0.226 e. The third-order valence-electron chi connectivity index (χ3n) is 4.22. The van der Waals surface area contributed by atoms with Crippen LogP contribution in [0.1, 0.15) is 30.0 Å². The molecule has 0 radical (unpaired) electrons. The first-order valence-corrected chi connectivity index (χ1v) is 8.47. The van der Waals surface area contributed by atoms with Crippen molar-refractivity contribution in [3.8, 4) is 23.1 Å². The molecule has 0 bridgehead atoms. The SMILES string of the molecule is CCc1cnc(C)n2nc(C#Cc3nc(-c4ccccc4)cn3C)nc12. The van der Waals surface area contributed by atoms with Gasteiger partial charge < -0.3 is 4.57 Å². The molecule has 6 nitrogen and oxygen atoms in total. The third-order valence-corrected chi connectivity index (χ3v) is 4.22. The summed E-state index contributed by atoms with van der Waals surface area (Å²) in [7, 11) is 1.93. The van der Waals surface area contributed by atoms with Crippen molar-refractivity contribution in [2.24, 2.45) is 7.05 Å². The van der Waals surface area contributed by atoms with Gasteiger partial charge >= 0.3 is 0 Å². The van der Waals surface area contributed by atoms with Crippen LogP contribution in [-0.4, -0.2) is 29.1 Å².